The fraction of sp³-hybridized carbons (Fsp3) is 0.435. The van der Waals surface area contributed by atoms with Crippen molar-refractivity contribution in [2.24, 2.45) is 25.1 Å². The second-order valence-corrected chi connectivity index (χ2v) is 8.39. The van der Waals surface area contributed by atoms with E-state index in [1.807, 2.05) is 14.1 Å². The van der Waals surface area contributed by atoms with E-state index in [1.54, 1.807) is 0 Å². The van der Waals surface area contributed by atoms with Crippen molar-refractivity contribution in [3.63, 3.8) is 0 Å². The first-order chi connectivity index (χ1) is 14.5. The Morgan fingerprint density at radius 1 is 1.07 bits per heavy atom. The van der Waals surface area contributed by atoms with Gasteiger partial charge in [-0.3, -0.25) is 5.43 Å². The van der Waals surface area contributed by atoms with Gasteiger partial charge in [0.25, 0.3) is 0 Å². The zero-order valence-electron chi connectivity index (χ0n) is 18.3. The highest BCUT2D eigenvalue weighted by Gasteiger charge is 2.19. The van der Waals surface area contributed by atoms with Gasteiger partial charge in [-0.25, -0.2) is 0 Å². The Balaban J connectivity index is 1.56. The summed E-state index contributed by atoms with van der Waals surface area (Å²) in [5, 5.41) is 14.1. The average Bonchev–Trinajstić information content (AvgIpc) is 3.02. The Labute approximate surface area is 177 Å². The summed E-state index contributed by atoms with van der Waals surface area (Å²) in [4.78, 5) is 4.46. The molecule has 0 amide bonds. The van der Waals surface area contributed by atoms with Crippen molar-refractivity contribution >= 4 is 28.1 Å². The number of rotatable bonds is 5. The van der Waals surface area contributed by atoms with Gasteiger partial charge in [0, 0.05) is 59.3 Å². The van der Waals surface area contributed by atoms with E-state index in [0.717, 1.165) is 48.3 Å². The van der Waals surface area contributed by atoms with Gasteiger partial charge in [-0.1, -0.05) is 0 Å². The van der Waals surface area contributed by atoms with Crippen LogP contribution >= 0.6 is 0 Å². The topological polar surface area (TPSA) is 61.0 Å². The fourth-order valence-electron chi connectivity index (χ4n) is 4.24. The first kappa shape index (κ1) is 20.3. The van der Waals surface area contributed by atoms with Crippen molar-refractivity contribution in [3.8, 4) is 0 Å². The smallest absolute Gasteiger partial charge is 0.227 e. The fourth-order valence-corrected chi connectivity index (χ4v) is 4.24. The van der Waals surface area contributed by atoms with E-state index in [2.05, 4.69) is 86.0 Å². The maximum absolute atomic E-state index is 9.46. The molecule has 160 valence electrons. The van der Waals surface area contributed by atoms with Gasteiger partial charge in [0.05, 0.1) is 16.7 Å². The molecule has 1 aliphatic heterocycles. The lowest BCUT2D eigenvalue weighted by atomic mass is 9.98. The van der Waals surface area contributed by atoms with Crippen LogP contribution < -0.4 is 20.8 Å². The maximum atomic E-state index is 9.46. The van der Waals surface area contributed by atoms with Gasteiger partial charge in [-0.15, -0.1) is 5.10 Å². The number of aryl methyl sites for hydroxylation is 2. The molecule has 0 radical (unpaired) electrons. The molecule has 1 fully saturated rings. The number of benzene rings is 2. The van der Waals surface area contributed by atoms with Crippen molar-refractivity contribution in [1.29, 1.82) is 0 Å². The lowest BCUT2D eigenvalue weighted by molar-refractivity contribution is 0.209. The Morgan fingerprint density at radius 2 is 1.80 bits per heavy atom. The quantitative estimate of drug-likeness (QED) is 0.638. The highest BCUT2D eigenvalue weighted by Crippen LogP contribution is 2.24. The Hall–Kier alpha value is -2.93. The van der Waals surface area contributed by atoms with Crippen LogP contribution in [-0.4, -0.2) is 48.0 Å². The molecule has 0 saturated carbocycles. The molecule has 0 bridgehead atoms. The number of aromatic nitrogens is 2. The van der Waals surface area contributed by atoms with Crippen LogP contribution in [0.2, 0.25) is 0 Å². The summed E-state index contributed by atoms with van der Waals surface area (Å²) in [7, 11) is 8.18. The maximum Gasteiger partial charge on any atom is 0.227 e. The number of hydrogen-bond acceptors (Lipinski definition) is 5. The van der Waals surface area contributed by atoms with Crippen molar-refractivity contribution in [3.05, 3.63) is 48.1 Å². The third-order valence-corrected chi connectivity index (χ3v) is 6.09. The summed E-state index contributed by atoms with van der Waals surface area (Å²) < 4.78 is 4.20. The molecule has 1 unspecified atom stereocenters. The number of piperidine rings is 1. The van der Waals surface area contributed by atoms with Crippen LogP contribution in [0, 0.1) is 5.92 Å². The lowest BCUT2D eigenvalue weighted by Crippen LogP contribution is -2.36. The minimum absolute atomic E-state index is 0.271. The van der Waals surface area contributed by atoms with E-state index in [9.17, 15) is 5.11 Å². The molecule has 3 aromatic rings. The Bertz CT molecular complexity index is 1080. The van der Waals surface area contributed by atoms with Crippen molar-refractivity contribution in [1.82, 2.24) is 9.13 Å². The molecular formula is C23H32N6O. The van der Waals surface area contributed by atoms with Crippen LogP contribution in [0.1, 0.15) is 12.8 Å². The normalized spacial score (nSPS) is 17.6. The predicted octanol–water partition coefficient (Wildman–Crippen LogP) is 2.72. The van der Waals surface area contributed by atoms with Gasteiger partial charge in [0.15, 0.2) is 0 Å². The van der Waals surface area contributed by atoms with E-state index in [-0.39, 0.29) is 6.61 Å². The molecule has 7 nitrogen and oxygen atoms in total. The van der Waals surface area contributed by atoms with Crippen LogP contribution in [0.15, 0.2) is 47.6 Å². The largest absolute Gasteiger partial charge is 0.396 e. The molecule has 0 aliphatic carbocycles. The average molecular weight is 409 g/mol. The summed E-state index contributed by atoms with van der Waals surface area (Å²) >= 11 is 0. The number of nitrogens with zero attached hydrogens (tertiary/aromatic N) is 5. The van der Waals surface area contributed by atoms with Crippen LogP contribution in [0.4, 0.5) is 17.1 Å². The highest BCUT2D eigenvalue weighted by molar-refractivity contribution is 5.80. The van der Waals surface area contributed by atoms with Gasteiger partial charge in [0.2, 0.25) is 5.62 Å². The molecule has 1 atom stereocenters. The summed E-state index contributed by atoms with van der Waals surface area (Å²) in [5.41, 5.74) is 9.66. The molecule has 1 saturated heterocycles. The minimum Gasteiger partial charge on any atom is -0.396 e. The molecule has 1 aliphatic rings. The third-order valence-electron chi connectivity index (χ3n) is 6.09. The molecule has 2 heterocycles. The highest BCUT2D eigenvalue weighted by atomic mass is 16.3. The summed E-state index contributed by atoms with van der Waals surface area (Å²) in [6.07, 6.45) is 2.25. The molecule has 7 heteroatoms. The van der Waals surface area contributed by atoms with Gasteiger partial charge in [-0.2, -0.15) is 0 Å². The summed E-state index contributed by atoms with van der Waals surface area (Å²) in [6, 6.07) is 14.8. The first-order valence-electron chi connectivity index (χ1n) is 10.6. The van der Waals surface area contributed by atoms with Crippen molar-refractivity contribution in [2.45, 2.75) is 12.8 Å². The zero-order chi connectivity index (χ0) is 21.3. The van der Waals surface area contributed by atoms with Crippen LogP contribution in [0.25, 0.3) is 11.0 Å². The number of aliphatic hydroxyl groups excluding tert-OH is 1. The van der Waals surface area contributed by atoms with E-state index in [4.69, 9.17) is 0 Å². The summed E-state index contributed by atoms with van der Waals surface area (Å²) in [6.45, 7) is 2.25. The molecular weight excluding hydrogens is 376 g/mol. The van der Waals surface area contributed by atoms with Gasteiger partial charge in [-0.05, 0) is 61.2 Å². The Morgan fingerprint density at radius 3 is 2.50 bits per heavy atom. The van der Waals surface area contributed by atoms with Crippen molar-refractivity contribution in [2.75, 3.05) is 49.0 Å². The molecule has 4 rings (SSSR count). The van der Waals surface area contributed by atoms with Crippen molar-refractivity contribution < 1.29 is 5.11 Å². The van der Waals surface area contributed by atoms with Crippen LogP contribution in [0.3, 0.4) is 0 Å². The predicted molar refractivity (Wildman–Crippen MR) is 124 cm³/mol. The molecule has 1 aromatic heterocycles. The molecule has 2 N–H and O–H groups in total. The van der Waals surface area contributed by atoms with E-state index in [1.165, 1.54) is 11.4 Å². The molecule has 0 spiro atoms. The monoisotopic (exact) mass is 408 g/mol. The molecule has 30 heavy (non-hydrogen) atoms. The summed E-state index contributed by atoms with van der Waals surface area (Å²) in [5.74, 6) is 0.381. The SMILES string of the molecule is CN(C)c1ccc2c(c1)n(C)c(=NNc1ccc(N3CCCC(CO)C3)cc1)n2C. The second-order valence-electron chi connectivity index (χ2n) is 8.39. The van der Waals surface area contributed by atoms with E-state index < -0.39 is 0 Å². The van der Waals surface area contributed by atoms with Crippen LogP contribution in [-0.2, 0) is 14.1 Å². The zero-order valence-corrected chi connectivity index (χ0v) is 18.3. The van der Waals surface area contributed by atoms with Crippen LogP contribution in [0.5, 0.6) is 0 Å². The third kappa shape index (κ3) is 3.89. The Kier molecular flexibility index (Phi) is 5.72. The molecule has 2 aromatic carbocycles. The number of hydrogen-bond donors (Lipinski definition) is 2. The standard InChI is InChI=1S/C23H32N6O/c1-26(2)20-11-12-21-22(14-20)28(4)23(27(21)3)25-24-18-7-9-19(10-8-18)29-13-5-6-17(15-29)16-30/h7-12,14,17,24,30H,5-6,13,15-16H2,1-4H3. The van der Waals surface area contributed by atoms with Gasteiger partial charge < -0.3 is 24.0 Å². The number of fused-ring (bicyclic) bond motifs is 1. The first-order valence-corrected chi connectivity index (χ1v) is 10.6. The van der Waals surface area contributed by atoms with Gasteiger partial charge >= 0.3 is 0 Å². The van der Waals surface area contributed by atoms with Gasteiger partial charge in [0.1, 0.15) is 0 Å². The number of nitrogens with one attached hydrogen (secondary N) is 1. The van der Waals surface area contributed by atoms with E-state index >= 15 is 0 Å². The second kappa shape index (κ2) is 8.44. The number of anilines is 3. The van der Waals surface area contributed by atoms with E-state index in [0.29, 0.717) is 5.92 Å². The minimum atomic E-state index is 0.271. The number of imidazole rings is 1. The number of aliphatic hydroxyl groups is 1. The lowest BCUT2D eigenvalue weighted by Gasteiger charge is -2.33.